The topological polar surface area (TPSA) is 81.4 Å². The van der Waals surface area contributed by atoms with Crippen LogP contribution in [0.4, 0.5) is 5.69 Å². The molecule has 0 aliphatic heterocycles. The molecule has 2 aromatic carbocycles. The van der Waals surface area contributed by atoms with Crippen molar-refractivity contribution in [2.75, 3.05) is 12.8 Å². The molecule has 0 aliphatic rings. The third-order valence-corrected chi connectivity index (χ3v) is 3.31. The van der Waals surface area contributed by atoms with Gasteiger partial charge in [-0.15, -0.1) is 0 Å². The smallest absolute Gasteiger partial charge is 0.307 e. The van der Waals surface area contributed by atoms with Gasteiger partial charge in [0.25, 0.3) is 5.91 Å². The Hall–Kier alpha value is -2.82. The fraction of sp³-hybridized carbons (Fsp3) is 0.176. The molecule has 1 amide bonds. The summed E-state index contributed by atoms with van der Waals surface area (Å²) >= 11 is 0. The first-order valence-corrected chi connectivity index (χ1v) is 6.89. The van der Waals surface area contributed by atoms with E-state index in [-0.39, 0.29) is 12.3 Å². The highest BCUT2D eigenvalue weighted by atomic mass is 16.5. The average Bonchev–Trinajstić information content (AvgIpc) is 2.55. The van der Waals surface area contributed by atoms with Gasteiger partial charge in [-0.25, -0.2) is 0 Å². The number of nitrogen functional groups attached to an aromatic ring is 1. The van der Waals surface area contributed by atoms with Gasteiger partial charge in [-0.2, -0.15) is 0 Å². The molecular formula is C17H18N2O3. The maximum atomic E-state index is 12.4. The number of nitrogens with one attached hydrogen (secondary N) is 1. The molecule has 0 radical (unpaired) electrons. The number of benzene rings is 2. The largest absolute Gasteiger partial charge is 0.469 e. The standard InChI is InChI=1S/C17H18N2O3/c1-22-16(20)11-15(12-7-3-2-4-8-12)19-17(21)13-9-5-6-10-14(13)18/h2-10,15H,11,18H2,1H3,(H,19,21)/t15-/m1/s1. The Kier molecular flexibility index (Phi) is 5.14. The highest BCUT2D eigenvalue weighted by Gasteiger charge is 2.20. The van der Waals surface area contributed by atoms with Crippen LogP contribution in [0.2, 0.25) is 0 Å². The number of carbonyl (C=O) groups excluding carboxylic acids is 2. The average molecular weight is 298 g/mol. The first-order chi connectivity index (χ1) is 10.6. The zero-order valence-corrected chi connectivity index (χ0v) is 12.3. The molecular weight excluding hydrogens is 280 g/mol. The number of methoxy groups -OCH3 is 1. The maximum absolute atomic E-state index is 12.4. The molecule has 0 aliphatic carbocycles. The fourth-order valence-corrected chi connectivity index (χ4v) is 2.13. The van der Waals surface area contributed by atoms with Gasteiger partial charge in [0, 0.05) is 5.69 Å². The predicted molar refractivity (Wildman–Crippen MR) is 84.1 cm³/mol. The number of ether oxygens (including phenoxy) is 1. The van der Waals surface area contributed by atoms with E-state index >= 15 is 0 Å². The predicted octanol–water partition coefficient (Wildman–Crippen LogP) is 2.30. The van der Waals surface area contributed by atoms with Crippen LogP contribution in [-0.4, -0.2) is 19.0 Å². The van der Waals surface area contributed by atoms with Crippen LogP contribution in [0.15, 0.2) is 54.6 Å². The van der Waals surface area contributed by atoms with Gasteiger partial charge in [-0.05, 0) is 17.7 Å². The summed E-state index contributed by atoms with van der Waals surface area (Å²) in [5, 5.41) is 2.84. The third-order valence-electron chi connectivity index (χ3n) is 3.31. The van der Waals surface area contributed by atoms with Crippen LogP contribution in [0.5, 0.6) is 0 Å². The van der Waals surface area contributed by atoms with Crippen molar-refractivity contribution in [3.05, 3.63) is 65.7 Å². The molecule has 114 valence electrons. The maximum Gasteiger partial charge on any atom is 0.307 e. The summed E-state index contributed by atoms with van der Waals surface area (Å²) in [5.41, 5.74) is 7.42. The van der Waals surface area contributed by atoms with E-state index in [2.05, 4.69) is 5.32 Å². The molecule has 0 heterocycles. The molecule has 0 spiro atoms. The van der Waals surface area contributed by atoms with E-state index < -0.39 is 12.0 Å². The van der Waals surface area contributed by atoms with Crippen molar-refractivity contribution in [2.24, 2.45) is 0 Å². The Labute approximate surface area is 129 Å². The van der Waals surface area contributed by atoms with E-state index in [9.17, 15) is 9.59 Å². The second kappa shape index (κ2) is 7.26. The van der Waals surface area contributed by atoms with Crippen molar-refractivity contribution in [3.8, 4) is 0 Å². The molecule has 2 rings (SSSR count). The number of anilines is 1. The number of nitrogens with two attached hydrogens (primary N) is 1. The van der Waals surface area contributed by atoms with E-state index in [0.29, 0.717) is 11.3 Å². The van der Waals surface area contributed by atoms with Crippen molar-refractivity contribution in [2.45, 2.75) is 12.5 Å². The minimum atomic E-state index is -0.472. The molecule has 3 N–H and O–H groups in total. The van der Waals surface area contributed by atoms with E-state index in [1.54, 1.807) is 24.3 Å². The van der Waals surface area contributed by atoms with Crippen LogP contribution < -0.4 is 11.1 Å². The van der Waals surface area contributed by atoms with Gasteiger partial charge in [0.15, 0.2) is 0 Å². The fourth-order valence-electron chi connectivity index (χ4n) is 2.13. The van der Waals surface area contributed by atoms with E-state index in [1.165, 1.54) is 7.11 Å². The normalized spacial score (nSPS) is 11.5. The molecule has 0 saturated carbocycles. The van der Waals surface area contributed by atoms with Crippen LogP contribution in [0, 0.1) is 0 Å². The van der Waals surface area contributed by atoms with Gasteiger partial charge in [0.1, 0.15) is 0 Å². The molecule has 5 nitrogen and oxygen atoms in total. The van der Waals surface area contributed by atoms with Gasteiger partial charge in [-0.1, -0.05) is 42.5 Å². The summed E-state index contributed by atoms with van der Waals surface area (Å²) in [4.78, 5) is 24.0. The Bertz CT molecular complexity index is 656. The van der Waals surface area contributed by atoms with Gasteiger partial charge < -0.3 is 15.8 Å². The minimum Gasteiger partial charge on any atom is -0.469 e. The zero-order chi connectivity index (χ0) is 15.9. The van der Waals surface area contributed by atoms with Gasteiger partial charge in [0.2, 0.25) is 0 Å². The summed E-state index contributed by atoms with van der Waals surface area (Å²) in [7, 11) is 1.32. The number of rotatable bonds is 5. The van der Waals surface area contributed by atoms with Crippen molar-refractivity contribution in [3.63, 3.8) is 0 Å². The molecule has 0 aromatic heterocycles. The van der Waals surface area contributed by atoms with Gasteiger partial charge in [0.05, 0.1) is 25.1 Å². The zero-order valence-electron chi connectivity index (χ0n) is 12.3. The molecule has 0 fully saturated rings. The molecule has 0 saturated heterocycles. The lowest BCUT2D eigenvalue weighted by atomic mass is 10.0. The quantitative estimate of drug-likeness (QED) is 0.655. The summed E-state index contributed by atoms with van der Waals surface area (Å²) in [6.07, 6.45) is 0.0546. The number of amides is 1. The lowest BCUT2D eigenvalue weighted by Gasteiger charge is -2.18. The van der Waals surface area contributed by atoms with Crippen LogP contribution >= 0.6 is 0 Å². The summed E-state index contributed by atoms with van der Waals surface area (Å²) in [5.74, 6) is -0.717. The van der Waals surface area contributed by atoms with Crippen LogP contribution in [0.1, 0.15) is 28.4 Å². The molecule has 0 unspecified atom stereocenters. The minimum absolute atomic E-state index is 0.0546. The van der Waals surface area contributed by atoms with E-state index in [4.69, 9.17) is 10.5 Å². The Balaban J connectivity index is 2.21. The summed E-state index contributed by atoms with van der Waals surface area (Å²) in [6.45, 7) is 0. The SMILES string of the molecule is COC(=O)C[C@@H](NC(=O)c1ccccc1N)c1ccccc1. The lowest BCUT2D eigenvalue weighted by molar-refractivity contribution is -0.141. The Morgan fingerprint density at radius 3 is 2.36 bits per heavy atom. The molecule has 0 bridgehead atoms. The Morgan fingerprint density at radius 1 is 1.09 bits per heavy atom. The Morgan fingerprint density at radius 2 is 1.73 bits per heavy atom. The number of carbonyl (C=O) groups is 2. The van der Waals surface area contributed by atoms with Crippen LogP contribution in [0.25, 0.3) is 0 Å². The highest BCUT2D eigenvalue weighted by molar-refractivity contribution is 5.99. The first-order valence-electron chi connectivity index (χ1n) is 6.89. The van der Waals surface area contributed by atoms with Crippen molar-refractivity contribution in [1.82, 2.24) is 5.32 Å². The lowest BCUT2D eigenvalue weighted by Crippen LogP contribution is -2.31. The van der Waals surface area contributed by atoms with E-state index in [1.807, 2.05) is 30.3 Å². The van der Waals surface area contributed by atoms with Crippen molar-refractivity contribution < 1.29 is 14.3 Å². The molecule has 22 heavy (non-hydrogen) atoms. The number of esters is 1. The second-order valence-corrected chi connectivity index (χ2v) is 4.80. The highest BCUT2D eigenvalue weighted by Crippen LogP contribution is 2.19. The molecule has 5 heteroatoms. The van der Waals surface area contributed by atoms with Crippen LogP contribution in [0.3, 0.4) is 0 Å². The molecule has 2 aromatic rings. The third kappa shape index (κ3) is 3.85. The molecule has 1 atom stereocenters. The number of para-hydroxylation sites is 1. The second-order valence-electron chi connectivity index (χ2n) is 4.80. The monoisotopic (exact) mass is 298 g/mol. The van der Waals surface area contributed by atoms with Crippen LogP contribution in [-0.2, 0) is 9.53 Å². The summed E-state index contributed by atoms with van der Waals surface area (Å²) < 4.78 is 4.70. The number of hydrogen-bond donors (Lipinski definition) is 2. The van der Waals surface area contributed by atoms with Gasteiger partial charge >= 0.3 is 5.97 Å². The van der Waals surface area contributed by atoms with E-state index in [0.717, 1.165) is 5.56 Å². The first kappa shape index (κ1) is 15.6. The number of hydrogen-bond acceptors (Lipinski definition) is 4. The van der Waals surface area contributed by atoms with Crippen molar-refractivity contribution >= 4 is 17.6 Å². The van der Waals surface area contributed by atoms with Gasteiger partial charge in [-0.3, -0.25) is 9.59 Å². The van der Waals surface area contributed by atoms with Crippen molar-refractivity contribution in [1.29, 1.82) is 0 Å². The summed E-state index contributed by atoms with van der Waals surface area (Å²) in [6, 6.07) is 15.6.